The highest BCUT2D eigenvalue weighted by Gasteiger charge is 2.45. The number of carbonyl (C=O) groups excluding carboxylic acids is 1. The number of rotatable bonds is 13. The van der Waals surface area contributed by atoms with E-state index < -0.39 is 41.0 Å². The summed E-state index contributed by atoms with van der Waals surface area (Å²) in [6, 6.07) is 31.1. The van der Waals surface area contributed by atoms with Gasteiger partial charge in [0.05, 0.1) is 35.9 Å². The number of alkyl halides is 6. The summed E-state index contributed by atoms with van der Waals surface area (Å²) in [5.41, 5.74) is 4.97. The number of amides is 1. The van der Waals surface area contributed by atoms with Gasteiger partial charge in [0.25, 0.3) is 0 Å². The number of halogens is 6. The Bertz CT molecular complexity index is 1610. The zero-order chi connectivity index (χ0) is 35.9. The molecule has 5 nitrogen and oxygen atoms in total. The quantitative estimate of drug-likeness (QED) is 0.142. The molecule has 0 spiro atoms. The second-order valence-corrected chi connectivity index (χ2v) is 13.1. The summed E-state index contributed by atoms with van der Waals surface area (Å²) in [4.78, 5) is 16.9. The van der Waals surface area contributed by atoms with Crippen LogP contribution < -0.4 is 5.73 Å². The number of benzene rings is 4. The first-order valence-electron chi connectivity index (χ1n) is 16.5. The molecule has 50 heavy (non-hydrogen) atoms. The third-order valence-electron chi connectivity index (χ3n) is 9.37. The van der Waals surface area contributed by atoms with Crippen LogP contribution in [0, 0.1) is 5.92 Å². The van der Waals surface area contributed by atoms with E-state index in [4.69, 9.17) is 10.5 Å². The summed E-state index contributed by atoms with van der Waals surface area (Å²) in [7, 11) is 0. The fourth-order valence-electron chi connectivity index (χ4n) is 6.86. The summed E-state index contributed by atoms with van der Waals surface area (Å²) in [6.45, 7) is 3.84. The molecule has 11 heteroatoms. The lowest BCUT2D eigenvalue weighted by atomic mass is 9.77. The summed E-state index contributed by atoms with van der Waals surface area (Å²) >= 11 is 0. The van der Waals surface area contributed by atoms with Crippen molar-refractivity contribution < 1.29 is 35.9 Å². The van der Waals surface area contributed by atoms with Crippen molar-refractivity contribution in [3.63, 3.8) is 0 Å². The average molecular weight is 698 g/mol. The van der Waals surface area contributed by atoms with E-state index in [1.807, 2.05) is 71.6 Å². The first kappa shape index (κ1) is 37.1. The predicted octanol–water partition coefficient (Wildman–Crippen LogP) is 8.60. The number of hydrogen-bond donors (Lipinski definition) is 1. The molecule has 2 N–H and O–H groups in total. The third-order valence-corrected chi connectivity index (χ3v) is 9.37. The number of nitrogens with zero attached hydrogens (tertiary/aromatic N) is 2. The Labute approximate surface area is 288 Å². The number of ether oxygens (including phenoxy) is 1. The van der Waals surface area contributed by atoms with Crippen LogP contribution in [-0.4, -0.2) is 41.9 Å². The van der Waals surface area contributed by atoms with Crippen LogP contribution in [0.4, 0.5) is 26.3 Å². The Morgan fingerprint density at radius 1 is 0.840 bits per heavy atom. The first-order valence-corrected chi connectivity index (χ1v) is 16.5. The zero-order valence-electron chi connectivity index (χ0n) is 27.8. The predicted molar refractivity (Wildman–Crippen MR) is 179 cm³/mol. The Morgan fingerprint density at radius 2 is 1.34 bits per heavy atom. The van der Waals surface area contributed by atoms with Crippen molar-refractivity contribution in [3.8, 4) is 0 Å². The highest BCUT2D eigenvalue weighted by molar-refractivity contribution is 5.76. The van der Waals surface area contributed by atoms with Gasteiger partial charge < -0.3 is 10.5 Å². The molecule has 4 aromatic carbocycles. The van der Waals surface area contributed by atoms with Gasteiger partial charge >= 0.3 is 12.4 Å². The van der Waals surface area contributed by atoms with Gasteiger partial charge in [-0.05, 0) is 66.1 Å². The Hall–Kier alpha value is -4.19. The minimum Gasteiger partial charge on any atom is -0.372 e. The van der Waals surface area contributed by atoms with E-state index in [1.165, 1.54) is 6.92 Å². The monoisotopic (exact) mass is 697 g/mol. The van der Waals surface area contributed by atoms with Crippen LogP contribution in [0.2, 0.25) is 0 Å². The maximum Gasteiger partial charge on any atom is 0.416 e. The molecule has 0 aliphatic carbocycles. The number of carbonyl (C=O) groups is 1. The highest BCUT2D eigenvalue weighted by Crippen LogP contribution is 2.42. The first-order chi connectivity index (χ1) is 23.7. The molecule has 266 valence electrons. The Morgan fingerprint density at radius 3 is 1.82 bits per heavy atom. The molecule has 5 rings (SSSR count). The summed E-state index contributed by atoms with van der Waals surface area (Å²) in [5.74, 6) is -0.439. The van der Waals surface area contributed by atoms with Crippen LogP contribution in [0.25, 0.3) is 0 Å². The maximum atomic E-state index is 13.6. The SMILES string of the molecule is C[C@@H](OC[C@@]1(c2ccccc2)CC[C@H](CN(Cc2ccccc2)Cc2ccccc2)CN1CC(N)=O)c1cc(C(F)(F)F)cc(C(F)(F)F)c1. The molecule has 1 amide bonds. The van der Waals surface area contributed by atoms with E-state index in [0.29, 0.717) is 44.7 Å². The van der Waals surface area contributed by atoms with Crippen molar-refractivity contribution in [2.45, 2.75) is 56.9 Å². The number of primary amides is 1. The summed E-state index contributed by atoms with van der Waals surface area (Å²) in [6.07, 6.45) is -9.84. The molecule has 0 bridgehead atoms. The fourth-order valence-corrected chi connectivity index (χ4v) is 6.86. The molecule has 4 aromatic rings. The molecule has 3 atom stereocenters. The van der Waals surface area contributed by atoms with E-state index in [0.717, 1.165) is 23.1 Å². The van der Waals surface area contributed by atoms with Crippen LogP contribution in [0.3, 0.4) is 0 Å². The summed E-state index contributed by atoms with van der Waals surface area (Å²) in [5, 5.41) is 0. The van der Waals surface area contributed by atoms with Crippen molar-refractivity contribution >= 4 is 5.91 Å². The van der Waals surface area contributed by atoms with Crippen LogP contribution in [0.15, 0.2) is 109 Å². The number of piperidine rings is 1. The van der Waals surface area contributed by atoms with E-state index in [9.17, 15) is 31.1 Å². The van der Waals surface area contributed by atoms with Gasteiger partial charge in [-0.15, -0.1) is 0 Å². The summed E-state index contributed by atoms with van der Waals surface area (Å²) < 4.78 is 88.1. The van der Waals surface area contributed by atoms with E-state index >= 15 is 0 Å². The number of hydrogen-bond acceptors (Lipinski definition) is 4. The molecule has 1 aliphatic heterocycles. The van der Waals surface area contributed by atoms with Crippen molar-refractivity contribution in [2.75, 3.05) is 26.2 Å². The van der Waals surface area contributed by atoms with Gasteiger partial charge in [-0.2, -0.15) is 26.3 Å². The van der Waals surface area contributed by atoms with Crippen LogP contribution >= 0.6 is 0 Å². The van der Waals surface area contributed by atoms with Gasteiger partial charge in [0, 0.05) is 26.2 Å². The van der Waals surface area contributed by atoms with Gasteiger partial charge in [0.2, 0.25) is 5.91 Å². The van der Waals surface area contributed by atoms with E-state index in [-0.39, 0.29) is 30.7 Å². The lowest BCUT2D eigenvalue weighted by Gasteiger charge is -2.50. The van der Waals surface area contributed by atoms with Gasteiger partial charge in [0.1, 0.15) is 0 Å². The number of nitrogens with two attached hydrogens (primary N) is 1. The minimum atomic E-state index is -4.98. The van der Waals surface area contributed by atoms with Gasteiger partial charge in [-0.1, -0.05) is 91.0 Å². The van der Waals surface area contributed by atoms with Gasteiger partial charge in [0.15, 0.2) is 0 Å². The lowest BCUT2D eigenvalue weighted by molar-refractivity contribution is -0.143. The average Bonchev–Trinajstić information content (AvgIpc) is 3.08. The highest BCUT2D eigenvalue weighted by atomic mass is 19.4. The molecule has 0 saturated carbocycles. The molecular weight excluding hydrogens is 656 g/mol. The second-order valence-electron chi connectivity index (χ2n) is 13.1. The smallest absolute Gasteiger partial charge is 0.372 e. The Balaban J connectivity index is 1.42. The van der Waals surface area contributed by atoms with Crippen LogP contribution in [-0.2, 0) is 40.5 Å². The van der Waals surface area contributed by atoms with Crippen molar-refractivity contribution in [1.82, 2.24) is 9.80 Å². The maximum absolute atomic E-state index is 13.6. The molecule has 1 heterocycles. The standard InChI is InChI=1S/C39H41F6N3O2/c1-28(32-19-34(38(40,41)42)21-35(20-32)39(43,44)45)50-27-37(33-15-9-4-10-16-33)18-17-31(25-48(37)26-36(46)49)24-47(22-29-11-5-2-6-12-29)23-30-13-7-3-8-14-30/h2-16,19-21,28,31H,17-18,22-27H2,1H3,(H2,46,49)/t28-,31-,37-/m1/s1. The lowest BCUT2D eigenvalue weighted by Crippen LogP contribution is -2.58. The molecule has 1 fully saturated rings. The Kier molecular flexibility index (Phi) is 11.7. The minimum absolute atomic E-state index is 0.0898. The van der Waals surface area contributed by atoms with Crippen LogP contribution in [0.1, 0.15) is 59.3 Å². The molecule has 0 unspecified atom stereocenters. The van der Waals surface area contributed by atoms with Crippen LogP contribution in [0.5, 0.6) is 0 Å². The molecule has 1 aliphatic rings. The van der Waals surface area contributed by atoms with Crippen molar-refractivity contribution in [3.05, 3.63) is 143 Å². The molecular formula is C39H41F6N3O2. The fraction of sp³-hybridized carbons (Fsp3) is 0.359. The van der Waals surface area contributed by atoms with Gasteiger partial charge in [-0.3, -0.25) is 14.6 Å². The topological polar surface area (TPSA) is 58.8 Å². The van der Waals surface area contributed by atoms with Crippen molar-refractivity contribution in [1.29, 1.82) is 0 Å². The van der Waals surface area contributed by atoms with E-state index in [1.54, 1.807) is 0 Å². The number of likely N-dealkylation sites (tertiary alicyclic amines) is 1. The van der Waals surface area contributed by atoms with E-state index in [2.05, 4.69) is 29.2 Å². The van der Waals surface area contributed by atoms with Gasteiger partial charge in [-0.25, -0.2) is 0 Å². The molecule has 0 radical (unpaired) electrons. The third kappa shape index (κ3) is 9.53. The molecule has 0 aromatic heterocycles. The largest absolute Gasteiger partial charge is 0.416 e. The normalized spacial score (nSPS) is 19.4. The molecule has 1 saturated heterocycles. The van der Waals surface area contributed by atoms with Crippen molar-refractivity contribution in [2.24, 2.45) is 11.7 Å². The second kappa shape index (κ2) is 15.8. The zero-order valence-corrected chi connectivity index (χ0v) is 27.8.